The van der Waals surface area contributed by atoms with E-state index in [9.17, 15) is 9.18 Å². The van der Waals surface area contributed by atoms with Crippen LogP contribution in [0.25, 0.3) is 15.9 Å². The topological polar surface area (TPSA) is 56.1 Å². The summed E-state index contributed by atoms with van der Waals surface area (Å²) in [5.74, 6) is -0.368. The second kappa shape index (κ2) is 7.76. The fourth-order valence-corrected chi connectivity index (χ4v) is 3.68. The van der Waals surface area contributed by atoms with Crippen LogP contribution >= 0.6 is 11.3 Å². The number of carbonyl (C=O) groups excluding carboxylic acids is 1. The van der Waals surface area contributed by atoms with Gasteiger partial charge in [0.2, 0.25) is 0 Å². The summed E-state index contributed by atoms with van der Waals surface area (Å²) < 4.78 is 19.9. The molecular weight excluding hydrogens is 341 g/mol. The molecule has 0 aliphatic heterocycles. The molecule has 0 bridgehead atoms. The van der Waals surface area contributed by atoms with E-state index in [-0.39, 0.29) is 11.7 Å². The van der Waals surface area contributed by atoms with Gasteiger partial charge in [-0.2, -0.15) is 5.10 Å². The number of benzene rings is 1. The van der Waals surface area contributed by atoms with Crippen molar-refractivity contribution >= 4 is 27.5 Å². The summed E-state index contributed by atoms with van der Waals surface area (Å²) in [5, 5.41) is 8.38. The number of rotatable bonds is 7. The zero-order valence-electron chi connectivity index (χ0n) is 14.2. The van der Waals surface area contributed by atoms with Gasteiger partial charge in [0.05, 0.1) is 16.3 Å². The average molecular weight is 361 g/mol. The summed E-state index contributed by atoms with van der Waals surface area (Å²) in [6.07, 6.45) is 1.80. The van der Waals surface area contributed by atoms with E-state index in [1.165, 1.54) is 23.5 Å². The maximum atomic E-state index is 13.1. The first-order valence-electron chi connectivity index (χ1n) is 8.12. The lowest BCUT2D eigenvalue weighted by Crippen LogP contribution is -2.23. The molecule has 2 aromatic heterocycles. The number of aromatic nitrogens is 2. The van der Waals surface area contributed by atoms with Gasteiger partial charge in [0.1, 0.15) is 10.6 Å². The quantitative estimate of drug-likeness (QED) is 0.653. The molecule has 1 aromatic carbocycles. The standard InChI is InChI=1S/C18H20FN3O2S/c1-12-15-11-16(17(23)20-9-3-4-10-24-2)25-18(15)22(21-12)14-7-5-13(19)6-8-14/h5-8,11H,3-4,9-10H2,1-2H3,(H,20,23). The predicted molar refractivity (Wildman–Crippen MR) is 97.1 cm³/mol. The highest BCUT2D eigenvalue weighted by Crippen LogP contribution is 2.30. The van der Waals surface area contributed by atoms with Crippen molar-refractivity contribution in [1.29, 1.82) is 0 Å². The molecule has 0 spiro atoms. The zero-order chi connectivity index (χ0) is 17.8. The van der Waals surface area contributed by atoms with Crippen molar-refractivity contribution in [2.24, 2.45) is 0 Å². The maximum absolute atomic E-state index is 13.1. The van der Waals surface area contributed by atoms with Gasteiger partial charge in [-0.15, -0.1) is 11.3 Å². The Labute approximate surface area is 149 Å². The molecule has 0 saturated carbocycles. The Morgan fingerprint density at radius 3 is 2.80 bits per heavy atom. The van der Waals surface area contributed by atoms with Gasteiger partial charge in [-0.05, 0) is 50.1 Å². The summed E-state index contributed by atoms with van der Waals surface area (Å²) >= 11 is 1.39. The third-order valence-electron chi connectivity index (χ3n) is 3.90. The van der Waals surface area contributed by atoms with Gasteiger partial charge in [-0.25, -0.2) is 9.07 Å². The maximum Gasteiger partial charge on any atom is 0.261 e. The normalized spacial score (nSPS) is 11.2. The Morgan fingerprint density at radius 1 is 1.32 bits per heavy atom. The number of thiophene rings is 1. The SMILES string of the molecule is COCCCCNC(=O)c1cc2c(C)nn(-c3ccc(F)cc3)c2s1. The number of halogens is 1. The first-order chi connectivity index (χ1) is 12.1. The van der Waals surface area contributed by atoms with Crippen molar-refractivity contribution in [2.75, 3.05) is 20.3 Å². The second-order valence-electron chi connectivity index (χ2n) is 5.76. The molecule has 1 amide bonds. The Hall–Kier alpha value is -2.25. The average Bonchev–Trinajstić information content (AvgIpc) is 3.16. The lowest BCUT2D eigenvalue weighted by atomic mass is 10.3. The Bertz CT molecular complexity index is 870. The summed E-state index contributed by atoms with van der Waals surface area (Å²) in [7, 11) is 1.67. The van der Waals surface area contributed by atoms with Crippen LogP contribution in [0.15, 0.2) is 30.3 Å². The van der Waals surface area contributed by atoms with E-state index in [1.54, 1.807) is 23.9 Å². The minimum atomic E-state index is -0.288. The van der Waals surface area contributed by atoms with Gasteiger partial charge in [-0.1, -0.05) is 0 Å². The highest BCUT2D eigenvalue weighted by molar-refractivity contribution is 7.20. The third-order valence-corrected chi connectivity index (χ3v) is 5.01. The molecule has 3 aromatic rings. The van der Waals surface area contributed by atoms with Crippen molar-refractivity contribution < 1.29 is 13.9 Å². The minimum Gasteiger partial charge on any atom is -0.385 e. The number of hydrogen-bond donors (Lipinski definition) is 1. The van der Waals surface area contributed by atoms with Gasteiger partial charge >= 0.3 is 0 Å². The third kappa shape index (κ3) is 3.88. The molecule has 3 rings (SSSR count). The number of fused-ring (bicyclic) bond motifs is 1. The Balaban J connectivity index is 1.79. The molecule has 5 nitrogen and oxygen atoms in total. The number of ether oxygens (including phenoxy) is 1. The van der Waals surface area contributed by atoms with Crippen LogP contribution in [-0.4, -0.2) is 35.9 Å². The largest absolute Gasteiger partial charge is 0.385 e. The molecule has 0 aliphatic carbocycles. The Kier molecular flexibility index (Phi) is 5.45. The van der Waals surface area contributed by atoms with Gasteiger partial charge < -0.3 is 10.1 Å². The summed E-state index contributed by atoms with van der Waals surface area (Å²) in [5.41, 5.74) is 1.61. The number of aryl methyl sites for hydroxylation is 1. The van der Waals surface area contributed by atoms with Crippen molar-refractivity contribution in [3.05, 3.63) is 46.7 Å². The zero-order valence-corrected chi connectivity index (χ0v) is 15.0. The molecule has 1 N–H and O–H groups in total. The molecule has 0 unspecified atom stereocenters. The number of nitrogens with zero attached hydrogens (tertiary/aromatic N) is 2. The number of methoxy groups -OCH3 is 1. The van der Waals surface area contributed by atoms with Crippen LogP contribution < -0.4 is 5.32 Å². The van der Waals surface area contributed by atoms with E-state index < -0.39 is 0 Å². The fourth-order valence-electron chi connectivity index (χ4n) is 2.58. The highest BCUT2D eigenvalue weighted by Gasteiger charge is 2.17. The van der Waals surface area contributed by atoms with Gasteiger partial charge in [-0.3, -0.25) is 4.79 Å². The highest BCUT2D eigenvalue weighted by atomic mass is 32.1. The fraction of sp³-hybridized carbons (Fsp3) is 0.333. The molecular formula is C18H20FN3O2S. The number of carbonyl (C=O) groups is 1. The molecule has 0 aliphatic rings. The lowest BCUT2D eigenvalue weighted by molar-refractivity contribution is 0.0955. The monoisotopic (exact) mass is 361 g/mol. The van der Waals surface area contributed by atoms with Crippen LogP contribution in [0.3, 0.4) is 0 Å². The van der Waals surface area contributed by atoms with Crippen LogP contribution in [-0.2, 0) is 4.74 Å². The number of unbranched alkanes of at least 4 members (excludes halogenated alkanes) is 1. The predicted octanol–water partition coefficient (Wildman–Crippen LogP) is 3.69. The Morgan fingerprint density at radius 2 is 2.08 bits per heavy atom. The van der Waals surface area contributed by atoms with Crippen LogP contribution in [0.2, 0.25) is 0 Å². The molecule has 7 heteroatoms. The second-order valence-corrected chi connectivity index (χ2v) is 6.79. The smallest absolute Gasteiger partial charge is 0.261 e. The number of hydrogen-bond acceptors (Lipinski definition) is 4. The van der Waals surface area contributed by atoms with E-state index in [1.807, 2.05) is 13.0 Å². The molecule has 0 radical (unpaired) electrons. The van der Waals surface area contributed by atoms with Crippen LogP contribution in [0.5, 0.6) is 0 Å². The lowest BCUT2D eigenvalue weighted by Gasteiger charge is -2.03. The van der Waals surface area contributed by atoms with Crippen LogP contribution in [0, 0.1) is 12.7 Å². The van der Waals surface area contributed by atoms with E-state index in [4.69, 9.17) is 4.74 Å². The van der Waals surface area contributed by atoms with Gasteiger partial charge in [0.25, 0.3) is 5.91 Å². The van der Waals surface area contributed by atoms with E-state index in [0.717, 1.165) is 34.4 Å². The van der Waals surface area contributed by atoms with Crippen molar-refractivity contribution in [2.45, 2.75) is 19.8 Å². The molecule has 0 atom stereocenters. The van der Waals surface area contributed by atoms with Crippen molar-refractivity contribution in [3.63, 3.8) is 0 Å². The van der Waals surface area contributed by atoms with Crippen molar-refractivity contribution in [3.8, 4) is 5.69 Å². The molecule has 0 saturated heterocycles. The van der Waals surface area contributed by atoms with E-state index in [0.29, 0.717) is 18.0 Å². The van der Waals surface area contributed by atoms with Crippen LogP contribution in [0.1, 0.15) is 28.2 Å². The number of nitrogens with one attached hydrogen (secondary N) is 1. The molecule has 0 fully saturated rings. The molecule has 2 heterocycles. The summed E-state index contributed by atoms with van der Waals surface area (Å²) in [6, 6.07) is 8.03. The number of amides is 1. The van der Waals surface area contributed by atoms with Crippen molar-refractivity contribution in [1.82, 2.24) is 15.1 Å². The summed E-state index contributed by atoms with van der Waals surface area (Å²) in [4.78, 5) is 13.9. The first kappa shape index (κ1) is 17.6. The van der Waals surface area contributed by atoms with Crippen LogP contribution in [0.4, 0.5) is 4.39 Å². The summed E-state index contributed by atoms with van der Waals surface area (Å²) in [6.45, 7) is 3.23. The van der Waals surface area contributed by atoms with Gasteiger partial charge in [0, 0.05) is 25.6 Å². The van der Waals surface area contributed by atoms with Gasteiger partial charge in [0.15, 0.2) is 0 Å². The minimum absolute atomic E-state index is 0.0799. The van der Waals surface area contributed by atoms with E-state index >= 15 is 0 Å². The molecule has 132 valence electrons. The van der Waals surface area contributed by atoms with E-state index in [2.05, 4.69) is 10.4 Å². The molecule has 25 heavy (non-hydrogen) atoms. The first-order valence-corrected chi connectivity index (χ1v) is 8.94.